The van der Waals surface area contributed by atoms with Crippen molar-refractivity contribution in [1.29, 1.82) is 0 Å². The van der Waals surface area contributed by atoms with E-state index in [9.17, 15) is 8.42 Å². The van der Waals surface area contributed by atoms with E-state index < -0.39 is 9.84 Å². The summed E-state index contributed by atoms with van der Waals surface area (Å²) in [5.74, 6) is 0. The number of aryl methyl sites for hydroxylation is 1. The Morgan fingerprint density at radius 3 is 2.67 bits per heavy atom. The van der Waals surface area contributed by atoms with Crippen molar-refractivity contribution in [3.8, 4) is 0 Å². The predicted octanol–water partition coefficient (Wildman–Crippen LogP) is 2.60. The highest BCUT2D eigenvalue weighted by Crippen LogP contribution is 2.12. The molecule has 1 aromatic carbocycles. The molecule has 1 rings (SSSR count). The van der Waals surface area contributed by atoms with E-state index in [2.05, 4.69) is 6.08 Å². The topological polar surface area (TPSA) is 34.1 Å². The third-order valence-corrected chi connectivity index (χ3v) is 3.27. The lowest BCUT2D eigenvalue weighted by molar-refractivity contribution is 0.601. The van der Waals surface area contributed by atoms with Gasteiger partial charge >= 0.3 is 0 Å². The first-order chi connectivity index (χ1) is 7.04. The largest absolute Gasteiger partial charge is 0.224 e. The lowest BCUT2D eigenvalue weighted by Gasteiger charge is -2.02. The fraction of sp³-hybridized carbons (Fsp3) is 0.333. The number of rotatable bonds is 4. The molecule has 0 amide bonds. The van der Waals surface area contributed by atoms with Crippen LogP contribution in [0.5, 0.6) is 0 Å². The number of benzene rings is 1. The SMILES string of the molecule is C/C=C\CCc1cccc(S(C)(=O)=O)c1. The second kappa shape index (κ2) is 5.12. The van der Waals surface area contributed by atoms with Crippen molar-refractivity contribution in [2.75, 3.05) is 6.26 Å². The zero-order chi connectivity index (χ0) is 11.3. The summed E-state index contributed by atoms with van der Waals surface area (Å²) in [4.78, 5) is 0.403. The van der Waals surface area contributed by atoms with E-state index in [1.54, 1.807) is 18.2 Å². The molecule has 0 unspecified atom stereocenters. The van der Waals surface area contributed by atoms with Gasteiger partial charge in [-0.15, -0.1) is 0 Å². The van der Waals surface area contributed by atoms with E-state index >= 15 is 0 Å². The van der Waals surface area contributed by atoms with Crippen LogP contribution in [0.4, 0.5) is 0 Å². The van der Waals surface area contributed by atoms with E-state index in [0.717, 1.165) is 18.4 Å². The van der Waals surface area contributed by atoms with Crippen LogP contribution < -0.4 is 0 Å². The van der Waals surface area contributed by atoms with Crippen LogP contribution in [-0.2, 0) is 16.3 Å². The van der Waals surface area contributed by atoms with Gasteiger partial charge in [0, 0.05) is 6.26 Å². The van der Waals surface area contributed by atoms with Crippen molar-refractivity contribution < 1.29 is 8.42 Å². The minimum atomic E-state index is -3.07. The fourth-order valence-electron chi connectivity index (χ4n) is 1.35. The Morgan fingerprint density at radius 2 is 2.07 bits per heavy atom. The molecule has 0 aliphatic heterocycles. The van der Waals surface area contributed by atoms with Crippen molar-refractivity contribution in [2.45, 2.75) is 24.7 Å². The van der Waals surface area contributed by atoms with Crippen molar-refractivity contribution in [1.82, 2.24) is 0 Å². The Morgan fingerprint density at radius 1 is 1.33 bits per heavy atom. The van der Waals surface area contributed by atoms with Gasteiger partial charge in [-0.05, 0) is 37.5 Å². The van der Waals surface area contributed by atoms with Crippen LogP contribution in [0.3, 0.4) is 0 Å². The van der Waals surface area contributed by atoms with Crippen molar-refractivity contribution in [3.63, 3.8) is 0 Å². The van der Waals surface area contributed by atoms with Gasteiger partial charge in [0.1, 0.15) is 0 Å². The minimum absolute atomic E-state index is 0.403. The lowest BCUT2D eigenvalue weighted by atomic mass is 10.1. The quantitative estimate of drug-likeness (QED) is 0.737. The molecule has 0 saturated heterocycles. The third kappa shape index (κ3) is 3.88. The first kappa shape index (κ1) is 12.0. The summed E-state index contributed by atoms with van der Waals surface area (Å²) in [6, 6.07) is 7.13. The van der Waals surface area contributed by atoms with E-state index in [4.69, 9.17) is 0 Å². The summed E-state index contributed by atoms with van der Waals surface area (Å²) in [5.41, 5.74) is 1.07. The Kier molecular flexibility index (Phi) is 4.09. The standard InChI is InChI=1S/C12H16O2S/c1-3-4-5-7-11-8-6-9-12(10-11)15(2,13)14/h3-4,6,8-10H,5,7H2,1-2H3/b4-3-. The number of hydrogen-bond acceptors (Lipinski definition) is 2. The first-order valence-electron chi connectivity index (χ1n) is 4.94. The van der Waals surface area contributed by atoms with Gasteiger partial charge < -0.3 is 0 Å². The average molecular weight is 224 g/mol. The Hall–Kier alpha value is -1.09. The van der Waals surface area contributed by atoms with E-state index in [0.29, 0.717) is 4.90 Å². The molecule has 2 nitrogen and oxygen atoms in total. The van der Waals surface area contributed by atoms with Crippen LogP contribution in [0, 0.1) is 0 Å². The highest BCUT2D eigenvalue weighted by Gasteiger charge is 2.06. The summed E-state index contributed by atoms with van der Waals surface area (Å²) < 4.78 is 22.6. The molecular weight excluding hydrogens is 208 g/mol. The molecule has 0 aromatic heterocycles. The highest BCUT2D eigenvalue weighted by atomic mass is 32.2. The molecule has 0 aliphatic carbocycles. The first-order valence-corrected chi connectivity index (χ1v) is 6.83. The maximum Gasteiger partial charge on any atom is 0.175 e. The van der Waals surface area contributed by atoms with Crippen molar-refractivity contribution >= 4 is 9.84 Å². The molecule has 0 N–H and O–H groups in total. The zero-order valence-corrected chi connectivity index (χ0v) is 9.92. The zero-order valence-electron chi connectivity index (χ0n) is 9.10. The maximum atomic E-state index is 11.3. The minimum Gasteiger partial charge on any atom is -0.224 e. The van der Waals surface area contributed by atoms with Crippen LogP contribution in [0.2, 0.25) is 0 Å². The smallest absolute Gasteiger partial charge is 0.175 e. The van der Waals surface area contributed by atoms with Crippen molar-refractivity contribution in [2.24, 2.45) is 0 Å². The van der Waals surface area contributed by atoms with Gasteiger partial charge in [0.15, 0.2) is 9.84 Å². The molecule has 0 saturated carbocycles. The van der Waals surface area contributed by atoms with E-state index in [1.807, 2.05) is 19.1 Å². The van der Waals surface area contributed by atoms with Crippen LogP contribution >= 0.6 is 0 Å². The number of sulfone groups is 1. The monoisotopic (exact) mass is 224 g/mol. The Labute approximate surface area is 91.6 Å². The lowest BCUT2D eigenvalue weighted by Crippen LogP contribution is -1.97. The fourth-order valence-corrected chi connectivity index (χ4v) is 2.04. The molecule has 0 heterocycles. The molecule has 0 bridgehead atoms. The van der Waals surface area contributed by atoms with Gasteiger partial charge in [0.2, 0.25) is 0 Å². The molecule has 0 atom stereocenters. The van der Waals surface area contributed by atoms with Gasteiger partial charge in [-0.1, -0.05) is 24.3 Å². The van der Waals surface area contributed by atoms with E-state index in [-0.39, 0.29) is 0 Å². The van der Waals surface area contributed by atoms with Gasteiger partial charge in [-0.3, -0.25) is 0 Å². The highest BCUT2D eigenvalue weighted by molar-refractivity contribution is 7.90. The Balaban J connectivity index is 2.84. The average Bonchev–Trinajstić information content (AvgIpc) is 2.17. The van der Waals surface area contributed by atoms with Crippen LogP contribution in [-0.4, -0.2) is 14.7 Å². The van der Waals surface area contributed by atoms with Crippen LogP contribution in [0.25, 0.3) is 0 Å². The molecule has 1 aromatic rings. The summed E-state index contributed by atoms with van der Waals surface area (Å²) >= 11 is 0. The molecule has 3 heteroatoms. The van der Waals surface area contributed by atoms with E-state index in [1.165, 1.54) is 6.26 Å². The summed E-state index contributed by atoms with van der Waals surface area (Å²) in [6.07, 6.45) is 7.14. The maximum absolute atomic E-state index is 11.3. The molecule has 0 aliphatic rings. The molecule has 0 fully saturated rings. The molecule has 15 heavy (non-hydrogen) atoms. The molecule has 0 radical (unpaired) electrons. The van der Waals surface area contributed by atoms with Crippen molar-refractivity contribution in [3.05, 3.63) is 42.0 Å². The van der Waals surface area contributed by atoms with Gasteiger partial charge in [0.25, 0.3) is 0 Å². The summed E-state index contributed by atoms with van der Waals surface area (Å²) in [6.45, 7) is 1.98. The molecule has 0 spiro atoms. The normalized spacial score (nSPS) is 12.1. The van der Waals surface area contributed by atoms with Gasteiger partial charge in [0.05, 0.1) is 4.90 Å². The summed E-state index contributed by atoms with van der Waals surface area (Å²) in [5, 5.41) is 0. The summed E-state index contributed by atoms with van der Waals surface area (Å²) in [7, 11) is -3.07. The second-order valence-corrected chi connectivity index (χ2v) is 5.54. The molecule has 82 valence electrons. The van der Waals surface area contributed by atoms with Gasteiger partial charge in [-0.2, -0.15) is 0 Å². The van der Waals surface area contributed by atoms with Crippen LogP contribution in [0.15, 0.2) is 41.3 Å². The second-order valence-electron chi connectivity index (χ2n) is 3.53. The predicted molar refractivity (Wildman–Crippen MR) is 62.7 cm³/mol. The Bertz CT molecular complexity index is 444. The molecular formula is C12H16O2S. The third-order valence-electron chi connectivity index (χ3n) is 2.16. The van der Waals surface area contributed by atoms with Gasteiger partial charge in [-0.25, -0.2) is 8.42 Å². The number of allylic oxidation sites excluding steroid dienone is 2. The van der Waals surface area contributed by atoms with Crippen LogP contribution in [0.1, 0.15) is 18.9 Å². The number of hydrogen-bond donors (Lipinski definition) is 0.